The molecule has 0 bridgehead atoms. The Morgan fingerprint density at radius 3 is 2.00 bits per heavy atom. The molecule has 0 fully saturated rings. The number of sulfonamides is 1. The molecule has 0 saturated heterocycles. The minimum Gasteiger partial charge on any atom is -0.497 e. The molecular formula is C24H25N3O6S. The van der Waals surface area contributed by atoms with E-state index in [1.54, 1.807) is 48.5 Å². The minimum absolute atomic E-state index is 0.00638. The molecule has 0 radical (unpaired) electrons. The Kier molecular flexibility index (Phi) is 8.10. The van der Waals surface area contributed by atoms with Gasteiger partial charge in [0, 0.05) is 16.9 Å². The van der Waals surface area contributed by atoms with Crippen molar-refractivity contribution in [2.24, 2.45) is 0 Å². The van der Waals surface area contributed by atoms with Gasteiger partial charge in [-0.05, 0) is 79.7 Å². The van der Waals surface area contributed by atoms with Crippen LogP contribution >= 0.6 is 0 Å². The lowest BCUT2D eigenvalue weighted by molar-refractivity contribution is -0.115. The van der Waals surface area contributed by atoms with Gasteiger partial charge in [-0.3, -0.25) is 14.3 Å². The summed E-state index contributed by atoms with van der Waals surface area (Å²) in [6, 6.07) is 18.7. The van der Waals surface area contributed by atoms with E-state index in [1.807, 2.05) is 6.92 Å². The Morgan fingerprint density at radius 1 is 0.824 bits per heavy atom. The maximum atomic E-state index is 12.6. The van der Waals surface area contributed by atoms with Crippen molar-refractivity contribution < 1.29 is 27.5 Å². The van der Waals surface area contributed by atoms with Gasteiger partial charge in [-0.15, -0.1) is 0 Å². The van der Waals surface area contributed by atoms with Gasteiger partial charge >= 0.3 is 0 Å². The molecule has 0 unspecified atom stereocenters. The molecule has 0 saturated carbocycles. The monoisotopic (exact) mass is 483 g/mol. The fourth-order valence-corrected chi connectivity index (χ4v) is 3.99. The van der Waals surface area contributed by atoms with Crippen LogP contribution in [0.25, 0.3) is 0 Å². The van der Waals surface area contributed by atoms with Crippen molar-refractivity contribution in [3.8, 4) is 11.5 Å². The molecule has 0 aliphatic rings. The summed E-state index contributed by atoms with van der Waals surface area (Å²) >= 11 is 0. The van der Waals surface area contributed by atoms with Crippen LogP contribution in [0.1, 0.15) is 17.3 Å². The highest BCUT2D eigenvalue weighted by atomic mass is 32.2. The number of hydrogen-bond acceptors (Lipinski definition) is 6. The number of methoxy groups -OCH3 is 1. The first kappa shape index (κ1) is 24.6. The quantitative estimate of drug-likeness (QED) is 0.407. The van der Waals surface area contributed by atoms with Crippen molar-refractivity contribution in [3.05, 3.63) is 78.4 Å². The van der Waals surface area contributed by atoms with Crippen molar-refractivity contribution in [2.45, 2.75) is 11.8 Å². The second-order valence-electron chi connectivity index (χ2n) is 7.05. The summed E-state index contributed by atoms with van der Waals surface area (Å²) in [6.07, 6.45) is 0. The Bertz CT molecular complexity index is 1230. The summed E-state index contributed by atoms with van der Waals surface area (Å²) in [5.41, 5.74) is 1.17. The van der Waals surface area contributed by atoms with Crippen LogP contribution in [0, 0.1) is 0 Å². The number of carbonyl (C=O) groups excluding carboxylic acids is 2. The highest BCUT2D eigenvalue weighted by Gasteiger charge is 2.16. The largest absolute Gasteiger partial charge is 0.497 e. The summed E-state index contributed by atoms with van der Waals surface area (Å²) in [5, 5.41) is 5.18. The van der Waals surface area contributed by atoms with E-state index in [0.717, 1.165) is 0 Å². The predicted octanol–water partition coefficient (Wildman–Crippen LogP) is 3.26. The molecule has 0 aromatic heterocycles. The first-order valence-corrected chi connectivity index (χ1v) is 11.9. The van der Waals surface area contributed by atoms with Gasteiger partial charge in [0.15, 0.2) is 0 Å². The normalized spacial score (nSPS) is 10.8. The third-order valence-corrected chi connectivity index (χ3v) is 6.02. The zero-order valence-electron chi connectivity index (χ0n) is 18.7. The van der Waals surface area contributed by atoms with Crippen LogP contribution in [0.5, 0.6) is 11.5 Å². The van der Waals surface area contributed by atoms with Crippen LogP contribution < -0.4 is 24.8 Å². The highest BCUT2D eigenvalue weighted by molar-refractivity contribution is 7.92. The first-order valence-electron chi connectivity index (χ1n) is 10.4. The summed E-state index contributed by atoms with van der Waals surface area (Å²) in [7, 11) is -2.32. The molecule has 9 nitrogen and oxygen atoms in total. The van der Waals surface area contributed by atoms with Gasteiger partial charge in [-0.2, -0.15) is 0 Å². The van der Waals surface area contributed by atoms with Gasteiger partial charge in [0.2, 0.25) is 5.91 Å². The molecule has 3 rings (SSSR count). The predicted molar refractivity (Wildman–Crippen MR) is 129 cm³/mol. The van der Waals surface area contributed by atoms with E-state index >= 15 is 0 Å². The molecule has 3 N–H and O–H groups in total. The van der Waals surface area contributed by atoms with Crippen LogP contribution in [-0.4, -0.2) is 40.5 Å². The van der Waals surface area contributed by atoms with E-state index in [4.69, 9.17) is 9.47 Å². The first-order chi connectivity index (χ1) is 16.3. The number of ether oxygens (including phenoxy) is 2. The van der Waals surface area contributed by atoms with Crippen molar-refractivity contribution in [1.82, 2.24) is 5.32 Å². The smallest absolute Gasteiger partial charge is 0.261 e. The summed E-state index contributed by atoms with van der Waals surface area (Å²) < 4.78 is 38.0. The Hall–Kier alpha value is -4.05. The maximum absolute atomic E-state index is 12.6. The Morgan fingerprint density at radius 2 is 1.41 bits per heavy atom. The van der Waals surface area contributed by atoms with E-state index < -0.39 is 21.8 Å². The molecule has 10 heteroatoms. The topological polar surface area (TPSA) is 123 Å². The number of carbonyl (C=O) groups is 2. The Labute approximate surface area is 198 Å². The highest BCUT2D eigenvalue weighted by Crippen LogP contribution is 2.20. The Balaban J connectivity index is 1.54. The van der Waals surface area contributed by atoms with E-state index in [2.05, 4.69) is 15.4 Å². The van der Waals surface area contributed by atoms with Gasteiger partial charge in [0.25, 0.3) is 15.9 Å². The lowest BCUT2D eigenvalue weighted by Gasteiger charge is -2.10. The van der Waals surface area contributed by atoms with E-state index in [1.165, 1.54) is 31.4 Å². The van der Waals surface area contributed by atoms with Crippen LogP contribution in [0.3, 0.4) is 0 Å². The minimum atomic E-state index is -3.84. The molecular weight excluding hydrogens is 458 g/mol. The molecule has 0 spiro atoms. The average molecular weight is 484 g/mol. The van der Waals surface area contributed by atoms with Crippen molar-refractivity contribution in [3.63, 3.8) is 0 Å². The number of hydrogen-bond donors (Lipinski definition) is 3. The molecule has 0 aliphatic heterocycles. The SMILES string of the molecule is CCOc1ccc(NC(=O)CNC(=O)c2ccc(S(=O)(=O)Nc3ccc(OC)cc3)cc2)cc1. The van der Waals surface area contributed by atoms with E-state index in [0.29, 0.717) is 29.5 Å². The molecule has 0 aliphatic carbocycles. The molecule has 178 valence electrons. The number of rotatable bonds is 10. The number of amides is 2. The van der Waals surface area contributed by atoms with Gasteiger partial charge in [-0.25, -0.2) is 8.42 Å². The molecule has 3 aromatic rings. The van der Waals surface area contributed by atoms with Crippen molar-refractivity contribution in [1.29, 1.82) is 0 Å². The second-order valence-corrected chi connectivity index (χ2v) is 8.73. The lowest BCUT2D eigenvalue weighted by Crippen LogP contribution is -2.32. The number of anilines is 2. The molecule has 2 amide bonds. The van der Waals surface area contributed by atoms with E-state index in [9.17, 15) is 18.0 Å². The van der Waals surface area contributed by atoms with Gasteiger partial charge < -0.3 is 20.1 Å². The summed E-state index contributed by atoms with van der Waals surface area (Å²) in [5.74, 6) is 0.388. The van der Waals surface area contributed by atoms with Gasteiger partial charge in [0.05, 0.1) is 25.2 Å². The van der Waals surface area contributed by atoms with Gasteiger partial charge in [0.1, 0.15) is 11.5 Å². The third-order valence-electron chi connectivity index (χ3n) is 4.63. The zero-order valence-corrected chi connectivity index (χ0v) is 19.5. The van der Waals surface area contributed by atoms with Crippen LogP contribution in [0.15, 0.2) is 77.7 Å². The fourth-order valence-electron chi connectivity index (χ4n) is 2.93. The summed E-state index contributed by atoms with van der Waals surface area (Å²) in [4.78, 5) is 24.4. The van der Waals surface area contributed by atoms with Crippen molar-refractivity contribution in [2.75, 3.05) is 30.3 Å². The standard InChI is InChI=1S/C24H25N3O6S/c1-3-33-21-12-6-18(7-13-21)26-23(28)16-25-24(29)17-4-14-22(15-5-17)34(30,31)27-19-8-10-20(32-2)11-9-19/h4-15,27H,3,16H2,1-2H3,(H,25,29)(H,26,28). The number of benzene rings is 3. The summed E-state index contributed by atoms with van der Waals surface area (Å²) in [6.45, 7) is 2.18. The lowest BCUT2D eigenvalue weighted by atomic mass is 10.2. The molecule has 3 aromatic carbocycles. The molecule has 0 atom stereocenters. The van der Waals surface area contributed by atoms with Gasteiger partial charge in [-0.1, -0.05) is 0 Å². The average Bonchev–Trinajstić information content (AvgIpc) is 2.84. The van der Waals surface area contributed by atoms with E-state index in [-0.39, 0.29) is 17.0 Å². The maximum Gasteiger partial charge on any atom is 0.261 e. The van der Waals surface area contributed by atoms with Crippen LogP contribution in [0.2, 0.25) is 0 Å². The number of nitrogens with one attached hydrogen (secondary N) is 3. The van der Waals surface area contributed by atoms with Crippen LogP contribution in [-0.2, 0) is 14.8 Å². The third kappa shape index (κ3) is 6.72. The molecule has 0 heterocycles. The molecule has 34 heavy (non-hydrogen) atoms. The second kappa shape index (κ2) is 11.2. The van der Waals surface area contributed by atoms with Crippen LogP contribution in [0.4, 0.5) is 11.4 Å². The zero-order chi connectivity index (χ0) is 24.6. The fraction of sp³-hybridized carbons (Fsp3) is 0.167. The van der Waals surface area contributed by atoms with Crippen molar-refractivity contribution >= 4 is 33.2 Å².